The maximum Gasteiger partial charge on any atom is 0.152 e. The number of rotatable bonds is 4. The van der Waals surface area contributed by atoms with Crippen molar-refractivity contribution in [2.45, 2.75) is 26.1 Å². The van der Waals surface area contributed by atoms with Gasteiger partial charge in [-0.15, -0.1) is 11.3 Å². The molecule has 0 aliphatic carbocycles. The minimum atomic E-state index is 0.196. The van der Waals surface area contributed by atoms with E-state index in [0.717, 1.165) is 68.9 Å². The highest BCUT2D eigenvalue weighted by atomic mass is 32.1. The summed E-state index contributed by atoms with van der Waals surface area (Å²) in [5.41, 5.74) is 2.31. The lowest BCUT2D eigenvalue weighted by Crippen LogP contribution is -2.50. The number of fused-ring (bicyclic) bond motifs is 1. The molecule has 7 nitrogen and oxygen atoms in total. The Kier molecular flexibility index (Phi) is 5.00. The van der Waals surface area contributed by atoms with E-state index in [9.17, 15) is 0 Å². The van der Waals surface area contributed by atoms with Crippen LogP contribution < -0.4 is 0 Å². The van der Waals surface area contributed by atoms with Gasteiger partial charge in [0.15, 0.2) is 11.9 Å². The number of thiazole rings is 1. The number of likely N-dealkylation sites (tertiary alicyclic amines) is 1. The molecule has 8 heteroatoms. The number of nitrogens with zero attached hydrogens (tertiary/aromatic N) is 6. The Labute approximate surface area is 169 Å². The molecule has 0 radical (unpaired) electrons. The summed E-state index contributed by atoms with van der Waals surface area (Å²) in [5, 5.41) is 7.77. The average molecular weight is 399 g/mol. The molecule has 0 aromatic carbocycles. The number of oxime groups is 1. The van der Waals surface area contributed by atoms with Gasteiger partial charge in [-0.05, 0) is 19.1 Å². The van der Waals surface area contributed by atoms with E-state index in [1.54, 1.807) is 11.3 Å². The van der Waals surface area contributed by atoms with Crippen molar-refractivity contribution >= 4 is 17.2 Å². The Morgan fingerprint density at radius 3 is 2.68 bits per heavy atom. The molecule has 0 saturated carbocycles. The second kappa shape index (κ2) is 7.77. The minimum Gasteiger partial charge on any atom is -0.389 e. The van der Waals surface area contributed by atoms with Crippen LogP contribution in [-0.4, -0.2) is 75.9 Å². The van der Waals surface area contributed by atoms with Crippen LogP contribution >= 0.6 is 11.3 Å². The van der Waals surface area contributed by atoms with Crippen molar-refractivity contribution in [2.75, 3.05) is 39.3 Å². The van der Waals surface area contributed by atoms with E-state index >= 15 is 0 Å². The van der Waals surface area contributed by atoms with Crippen LogP contribution in [0.4, 0.5) is 0 Å². The van der Waals surface area contributed by atoms with Gasteiger partial charge < -0.3 is 9.74 Å². The van der Waals surface area contributed by atoms with Gasteiger partial charge in [0, 0.05) is 63.9 Å². The molecule has 148 valence electrons. The second-order valence-corrected chi connectivity index (χ2v) is 8.90. The van der Waals surface area contributed by atoms with Crippen molar-refractivity contribution in [3.05, 3.63) is 46.2 Å². The van der Waals surface area contributed by atoms with Crippen molar-refractivity contribution in [3.8, 4) is 0 Å². The van der Waals surface area contributed by atoms with E-state index in [1.807, 2.05) is 12.3 Å². The first-order chi connectivity index (χ1) is 13.7. The Bertz CT molecular complexity index is 832. The maximum absolute atomic E-state index is 5.80. The summed E-state index contributed by atoms with van der Waals surface area (Å²) in [7, 11) is 0. The Balaban J connectivity index is 1.15. The van der Waals surface area contributed by atoms with Crippen LogP contribution in [0.5, 0.6) is 0 Å². The van der Waals surface area contributed by atoms with E-state index in [4.69, 9.17) is 4.84 Å². The summed E-state index contributed by atoms with van der Waals surface area (Å²) < 4.78 is 0. The summed E-state index contributed by atoms with van der Waals surface area (Å²) in [5.74, 6) is 1.54. The van der Waals surface area contributed by atoms with E-state index < -0.39 is 0 Å². The lowest BCUT2D eigenvalue weighted by molar-refractivity contribution is 0.0742. The predicted molar refractivity (Wildman–Crippen MR) is 109 cm³/mol. The standard InChI is InChI=1S/C20H26N6OS/c1-15-22-17(14-28-15)11-25-12-18-19(13-25)27-23-20(18)26-8-6-24(7-9-26)10-16-4-2-3-5-21-16/h2-5,14,18-19H,6-13H2,1H3/t18-,19-/m1/s1. The molecule has 0 amide bonds. The van der Waals surface area contributed by atoms with Gasteiger partial charge in [-0.25, -0.2) is 4.98 Å². The number of hydrogen-bond acceptors (Lipinski definition) is 8. The van der Waals surface area contributed by atoms with Crippen LogP contribution in [0.15, 0.2) is 34.9 Å². The topological polar surface area (TPSA) is 57.1 Å². The molecule has 2 fully saturated rings. The lowest BCUT2D eigenvalue weighted by atomic mass is 10.0. The maximum atomic E-state index is 5.80. The highest BCUT2D eigenvalue weighted by molar-refractivity contribution is 7.09. The van der Waals surface area contributed by atoms with Crippen molar-refractivity contribution < 1.29 is 4.84 Å². The Morgan fingerprint density at radius 2 is 1.93 bits per heavy atom. The first-order valence-corrected chi connectivity index (χ1v) is 10.9. The summed E-state index contributed by atoms with van der Waals surface area (Å²) >= 11 is 1.72. The zero-order valence-corrected chi connectivity index (χ0v) is 17.0. The van der Waals surface area contributed by atoms with Crippen LogP contribution in [0.3, 0.4) is 0 Å². The summed E-state index contributed by atoms with van der Waals surface area (Å²) in [6, 6.07) is 6.13. The molecular weight excluding hydrogens is 372 g/mol. The molecule has 3 aliphatic rings. The number of piperazine rings is 1. The van der Waals surface area contributed by atoms with E-state index in [2.05, 4.69) is 54.3 Å². The van der Waals surface area contributed by atoms with Crippen LogP contribution in [0.25, 0.3) is 0 Å². The fraction of sp³-hybridized carbons (Fsp3) is 0.550. The van der Waals surface area contributed by atoms with Gasteiger partial charge >= 0.3 is 0 Å². The first kappa shape index (κ1) is 18.0. The number of aryl methyl sites for hydroxylation is 1. The van der Waals surface area contributed by atoms with Gasteiger partial charge in [0.05, 0.1) is 22.3 Å². The zero-order chi connectivity index (χ0) is 18.9. The summed E-state index contributed by atoms with van der Waals surface area (Å²) in [6.07, 6.45) is 2.07. The second-order valence-electron chi connectivity index (χ2n) is 7.84. The van der Waals surface area contributed by atoms with Gasteiger partial charge in [0.2, 0.25) is 0 Å². The van der Waals surface area contributed by atoms with Crippen LogP contribution in [0.1, 0.15) is 16.4 Å². The smallest absolute Gasteiger partial charge is 0.152 e. The Morgan fingerprint density at radius 1 is 1.07 bits per heavy atom. The summed E-state index contributed by atoms with van der Waals surface area (Å²) in [6.45, 7) is 9.92. The van der Waals surface area contributed by atoms with Crippen molar-refractivity contribution in [1.82, 2.24) is 24.7 Å². The van der Waals surface area contributed by atoms with Crippen LogP contribution in [0.2, 0.25) is 0 Å². The molecule has 28 heavy (non-hydrogen) atoms. The third kappa shape index (κ3) is 3.76. The van der Waals surface area contributed by atoms with E-state index in [0.29, 0.717) is 5.92 Å². The largest absolute Gasteiger partial charge is 0.389 e. The normalized spacial score (nSPS) is 25.6. The molecular formula is C20H26N6OS. The predicted octanol–water partition coefficient (Wildman–Crippen LogP) is 1.81. The number of hydrogen-bond donors (Lipinski definition) is 0. The van der Waals surface area contributed by atoms with Crippen molar-refractivity contribution in [2.24, 2.45) is 11.1 Å². The molecule has 0 unspecified atom stereocenters. The molecule has 2 atom stereocenters. The van der Waals surface area contributed by atoms with Gasteiger partial charge in [0.1, 0.15) is 0 Å². The SMILES string of the molecule is Cc1nc(CN2C[C@H]3ON=C(N4CCN(Cc5ccccn5)CC4)[C@@H]3C2)cs1. The van der Waals surface area contributed by atoms with Gasteiger partial charge in [-0.1, -0.05) is 11.2 Å². The lowest BCUT2D eigenvalue weighted by Gasteiger charge is -2.36. The molecule has 2 aromatic rings. The van der Waals surface area contributed by atoms with Gasteiger partial charge in [0.25, 0.3) is 0 Å². The molecule has 5 heterocycles. The molecule has 5 rings (SSSR count). The van der Waals surface area contributed by atoms with Gasteiger partial charge in [-0.3, -0.25) is 14.8 Å². The third-order valence-corrected chi connectivity index (χ3v) is 6.64. The van der Waals surface area contributed by atoms with Crippen LogP contribution in [0, 0.1) is 12.8 Å². The molecule has 3 aliphatic heterocycles. The molecule has 0 bridgehead atoms. The highest BCUT2D eigenvalue weighted by Gasteiger charge is 2.44. The van der Waals surface area contributed by atoms with Gasteiger partial charge in [-0.2, -0.15) is 0 Å². The minimum absolute atomic E-state index is 0.196. The third-order valence-electron chi connectivity index (χ3n) is 5.82. The highest BCUT2D eigenvalue weighted by Crippen LogP contribution is 2.30. The molecule has 2 saturated heterocycles. The van der Waals surface area contributed by atoms with E-state index in [1.165, 1.54) is 5.69 Å². The Hall–Kier alpha value is -2.03. The van der Waals surface area contributed by atoms with Crippen molar-refractivity contribution in [3.63, 3.8) is 0 Å². The molecule has 0 spiro atoms. The quantitative estimate of drug-likeness (QED) is 0.783. The monoisotopic (exact) mass is 398 g/mol. The first-order valence-electron chi connectivity index (χ1n) is 9.99. The fourth-order valence-electron chi connectivity index (χ4n) is 4.38. The van der Waals surface area contributed by atoms with Crippen LogP contribution in [-0.2, 0) is 17.9 Å². The zero-order valence-electron chi connectivity index (χ0n) is 16.2. The van der Waals surface area contributed by atoms with Crippen molar-refractivity contribution in [1.29, 1.82) is 0 Å². The summed E-state index contributed by atoms with van der Waals surface area (Å²) in [4.78, 5) is 22.2. The number of aromatic nitrogens is 2. The number of pyridine rings is 1. The fourth-order valence-corrected chi connectivity index (χ4v) is 4.99. The number of amidine groups is 1. The molecule has 0 N–H and O–H groups in total. The molecule has 2 aromatic heterocycles. The average Bonchev–Trinajstić information content (AvgIpc) is 3.40. The van der Waals surface area contributed by atoms with E-state index in [-0.39, 0.29) is 6.10 Å².